The van der Waals surface area contributed by atoms with Crippen molar-refractivity contribution < 1.29 is 14.3 Å². The fourth-order valence-corrected chi connectivity index (χ4v) is 2.75. The highest BCUT2D eigenvalue weighted by molar-refractivity contribution is 5.95. The number of aryl methyl sites for hydroxylation is 1. The molecule has 0 aliphatic carbocycles. The molecule has 5 nitrogen and oxygen atoms in total. The zero-order valence-corrected chi connectivity index (χ0v) is 14.3. The lowest BCUT2D eigenvalue weighted by Gasteiger charge is -2.36. The molecule has 1 aromatic carbocycles. The first kappa shape index (κ1) is 17.1. The van der Waals surface area contributed by atoms with Crippen molar-refractivity contribution in [2.45, 2.75) is 33.7 Å². The van der Waals surface area contributed by atoms with E-state index >= 15 is 0 Å². The molecule has 124 valence electrons. The van der Waals surface area contributed by atoms with Gasteiger partial charge in [-0.1, -0.05) is 43.7 Å². The van der Waals surface area contributed by atoms with Gasteiger partial charge in [0.25, 0.3) is 0 Å². The lowest BCUT2D eigenvalue weighted by molar-refractivity contribution is -0.136. The van der Waals surface area contributed by atoms with E-state index in [4.69, 9.17) is 4.74 Å². The van der Waals surface area contributed by atoms with Crippen LogP contribution < -0.4 is 5.32 Å². The summed E-state index contributed by atoms with van der Waals surface area (Å²) in [5, 5.41) is 2.93. The second-order valence-electron chi connectivity index (χ2n) is 6.29. The zero-order valence-electron chi connectivity index (χ0n) is 14.3. The molecular weight excluding hydrogens is 292 g/mol. The fraction of sp³-hybridized carbons (Fsp3) is 0.444. The maximum atomic E-state index is 12.5. The molecule has 0 saturated carbocycles. The smallest absolute Gasteiger partial charge is 0.337 e. The Labute approximate surface area is 137 Å². The molecule has 1 atom stereocenters. The molecule has 1 unspecified atom stereocenters. The molecule has 1 heterocycles. The van der Waals surface area contributed by atoms with E-state index in [-0.39, 0.29) is 6.03 Å². The highest BCUT2D eigenvalue weighted by Gasteiger charge is 2.36. The van der Waals surface area contributed by atoms with E-state index in [0.29, 0.717) is 23.7 Å². The predicted molar refractivity (Wildman–Crippen MR) is 88.7 cm³/mol. The predicted octanol–water partition coefficient (Wildman–Crippen LogP) is 3.16. The minimum atomic E-state index is -0.487. The number of nitrogens with zero attached hydrogens (tertiary/aromatic N) is 1. The molecule has 1 aromatic rings. The molecule has 1 N–H and O–H groups in total. The van der Waals surface area contributed by atoms with Crippen LogP contribution in [0.4, 0.5) is 4.79 Å². The van der Waals surface area contributed by atoms with Crippen LogP contribution in [0.25, 0.3) is 0 Å². The lowest BCUT2D eigenvalue weighted by atomic mass is 9.94. The molecular formula is C18H24N2O3. The third-order valence-electron chi connectivity index (χ3n) is 3.96. The molecule has 0 spiro atoms. The highest BCUT2D eigenvalue weighted by atomic mass is 16.5. The standard InChI is InChI=1S/C18H24N2O3/c1-11(2)10-20-13(4)15(17(21)23-5)16(19-18(20)22)14-8-6-12(3)7-9-14/h6-9,11,16H,10H2,1-5H3,(H,19,22). The van der Waals surface area contributed by atoms with Gasteiger partial charge >= 0.3 is 12.0 Å². The van der Waals surface area contributed by atoms with Gasteiger partial charge in [0.15, 0.2) is 0 Å². The van der Waals surface area contributed by atoms with Crippen LogP contribution in [0, 0.1) is 12.8 Å². The van der Waals surface area contributed by atoms with E-state index in [1.165, 1.54) is 7.11 Å². The number of hydrogen-bond acceptors (Lipinski definition) is 3. The number of nitrogens with one attached hydrogen (secondary N) is 1. The van der Waals surface area contributed by atoms with E-state index in [1.807, 2.05) is 45.0 Å². The van der Waals surface area contributed by atoms with Gasteiger partial charge in [-0.3, -0.25) is 4.90 Å². The molecule has 2 rings (SSSR count). The number of esters is 1. The number of carbonyl (C=O) groups excluding carboxylic acids is 2. The molecule has 0 radical (unpaired) electrons. The lowest BCUT2D eigenvalue weighted by Crippen LogP contribution is -2.49. The second kappa shape index (κ2) is 6.86. The highest BCUT2D eigenvalue weighted by Crippen LogP contribution is 2.31. The maximum absolute atomic E-state index is 12.5. The number of ether oxygens (including phenoxy) is 1. The zero-order chi connectivity index (χ0) is 17.1. The average molecular weight is 316 g/mol. The summed E-state index contributed by atoms with van der Waals surface area (Å²) >= 11 is 0. The Morgan fingerprint density at radius 3 is 2.39 bits per heavy atom. The second-order valence-corrected chi connectivity index (χ2v) is 6.29. The van der Waals surface area contributed by atoms with Gasteiger partial charge in [0.2, 0.25) is 0 Å². The summed E-state index contributed by atoms with van der Waals surface area (Å²) in [5.74, 6) is -0.118. The molecule has 0 saturated heterocycles. The van der Waals surface area contributed by atoms with Gasteiger partial charge in [-0.2, -0.15) is 0 Å². The van der Waals surface area contributed by atoms with Crippen LogP contribution in [0.5, 0.6) is 0 Å². The largest absolute Gasteiger partial charge is 0.466 e. The Balaban J connectivity index is 2.50. The van der Waals surface area contributed by atoms with E-state index in [1.54, 1.807) is 11.8 Å². The molecule has 0 aromatic heterocycles. The SMILES string of the molecule is COC(=O)C1=C(C)N(CC(C)C)C(=O)NC1c1ccc(C)cc1. The molecule has 1 aliphatic rings. The van der Waals surface area contributed by atoms with Gasteiger partial charge in [-0.05, 0) is 25.3 Å². The van der Waals surface area contributed by atoms with Gasteiger partial charge in [0.05, 0.1) is 18.7 Å². The van der Waals surface area contributed by atoms with E-state index in [0.717, 1.165) is 11.1 Å². The van der Waals surface area contributed by atoms with Crippen LogP contribution in [0.2, 0.25) is 0 Å². The normalized spacial score (nSPS) is 18.3. The number of carbonyl (C=O) groups is 2. The van der Waals surface area contributed by atoms with Gasteiger partial charge < -0.3 is 10.1 Å². The summed E-state index contributed by atoms with van der Waals surface area (Å²) in [6, 6.07) is 7.11. The van der Waals surface area contributed by atoms with Crippen molar-refractivity contribution in [3.05, 3.63) is 46.7 Å². The Morgan fingerprint density at radius 1 is 1.26 bits per heavy atom. The average Bonchev–Trinajstić information content (AvgIpc) is 2.51. The van der Waals surface area contributed by atoms with Crippen LogP contribution in [-0.4, -0.2) is 30.6 Å². The van der Waals surface area contributed by atoms with Crippen molar-refractivity contribution in [1.29, 1.82) is 0 Å². The summed E-state index contributed by atoms with van der Waals surface area (Å²) in [6.07, 6.45) is 0. The number of urea groups is 1. The van der Waals surface area contributed by atoms with Crippen molar-refractivity contribution in [2.24, 2.45) is 5.92 Å². The van der Waals surface area contributed by atoms with Gasteiger partial charge in [-0.25, -0.2) is 9.59 Å². The minimum absolute atomic E-state index is 0.186. The van der Waals surface area contributed by atoms with Crippen LogP contribution in [0.3, 0.4) is 0 Å². The Kier molecular flexibility index (Phi) is 5.08. The van der Waals surface area contributed by atoms with Crippen molar-refractivity contribution in [2.75, 3.05) is 13.7 Å². The van der Waals surface area contributed by atoms with E-state index in [2.05, 4.69) is 5.32 Å². The van der Waals surface area contributed by atoms with Crippen LogP contribution in [0.15, 0.2) is 35.5 Å². The summed E-state index contributed by atoms with van der Waals surface area (Å²) in [7, 11) is 1.36. The third-order valence-corrected chi connectivity index (χ3v) is 3.96. The minimum Gasteiger partial charge on any atom is -0.466 e. The summed E-state index contributed by atoms with van der Waals surface area (Å²) in [6.45, 7) is 8.41. The Hall–Kier alpha value is -2.30. The maximum Gasteiger partial charge on any atom is 0.337 e. The number of benzene rings is 1. The fourth-order valence-electron chi connectivity index (χ4n) is 2.75. The summed E-state index contributed by atoms with van der Waals surface area (Å²) < 4.78 is 4.95. The number of allylic oxidation sites excluding steroid dienone is 1. The topological polar surface area (TPSA) is 58.6 Å². The first-order valence-corrected chi connectivity index (χ1v) is 7.78. The van der Waals surface area contributed by atoms with E-state index < -0.39 is 12.0 Å². The molecule has 2 amide bonds. The van der Waals surface area contributed by atoms with Gasteiger partial charge in [-0.15, -0.1) is 0 Å². The number of amides is 2. The van der Waals surface area contributed by atoms with Gasteiger partial charge in [0.1, 0.15) is 0 Å². The molecule has 1 aliphatic heterocycles. The van der Waals surface area contributed by atoms with Crippen molar-refractivity contribution in [3.63, 3.8) is 0 Å². The summed E-state index contributed by atoms with van der Waals surface area (Å²) in [4.78, 5) is 26.4. The monoisotopic (exact) mass is 316 g/mol. The molecule has 0 fully saturated rings. The van der Waals surface area contributed by atoms with Crippen LogP contribution in [-0.2, 0) is 9.53 Å². The van der Waals surface area contributed by atoms with E-state index in [9.17, 15) is 9.59 Å². The van der Waals surface area contributed by atoms with Crippen LogP contribution >= 0.6 is 0 Å². The third kappa shape index (κ3) is 3.55. The van der Waals surface area contributed by atoms with Crippen molar-refractivity contribution in [3.8, 4) is 0 Å². The van der Waals surface area contributed by atoms with Crippen LogP contribution in [0.1, 0.15) is 37.9 Å². The molecule has 23 heavy (non-hydrogen) atoms. The Bertz CT molecular complexity index is 632. The number of rotatable bonds is 4. The number of hydrogen-bond donors (Lipinski definition) is 1. The molecule has 5 heteroatoms. The van der Waals surface area contributed by atoms with Crippen molar-refractivity contribution >= 4 is 12.0 Å². The van der Waals surface area contributed by atoms with Crippen molar-refractivity contribution in [1.82, 2.24) is 10.2 Å². The first-order valence-electron chi connectivity index (χ1n) is 7.78. The van der Waals surface area contributed by atoms with Gasteiger partial charge in [0, 0.05) is 12.2 Å². The molecule has 0 bridgehead atoms. The first-order chi connectivity index (χ1) is 10.8. The summed E-state index contributed by atoms with van der Waals surface area (Å²) in [5.41, 5.74) is 3.13. The Morgan fingerprint density at radius 2 is 1.87 bits per heavy atom. The quantitative estimate of drug-likeness (QED) is 0.868. The number of methoxy groups -OCH3 is 1.